The van der Waals surface area contributed by atoms with Crippen LogP contribution < -0.4 is 25.6 Å². The van der Waals surface area contributed by atoms with Gasteiger partial charge in [0.2, 0.25) is 5.95 Å². The molecule has 37 heavy (non-hydrogen) atoms. The number of ether oxygens (including phenoxy) is 1. The highest BCUT2D eigenvalue weighted by Gasteiger charge is 2.37. The third kappa shape index (κ3) is 6.17. The van der Waals surface area contributed by atoms with Gasteiger partial charge in [-0.05, 0) is 36.2 Å². The van der Waals surface area contributed by atoms with Crippen LogP contribution in [0, 0.1) is 0 Å². The Labute approximate surface area is 211 Å². The largest absolute Gasteiger partial charge is 0.495 e. The number of nitrogens with one attached hydrogen (secondary N) is 3. The van der Waals surface area contributed by atoms with Gasteiger partial charge in [-0.15, -0.1) is 0 Å². The fourth-order valence-corrected chi connectivity index (χ4v) is 4.19. The van der Waals surface area contributed by atoms with Crippen LogP contribution in [0.4, 0.5) is 42.3 Å². The van der Waals surface area contributed by atoms with Gasteiger partial charge in [0.05, 0.1) is 12.8 Å². The van der Waals surface area contributed by atoms with Crippen LogP contribution in [0.5, 0.6) is 5.75 Å². The SMILES string of the molecule is COc1cc2c(cc1Nc1ncc(C(F)(F)F)c(N(C)c3nccnc3NCS(C)(=O)=O)n1)CCNC2. The van der Waals surface area contributed by atoms with Crippen molar-refractivity contribution < 1.29 is 26.3 Å². The van der Waals surface area contributed by atoms with Gasteiger partial charge in [-0.2, -0.15) is 18.2 Å². The average Bonchev–Trinajstić information content (AvgIpc) is 2.85. The summed E-state index contributed by atoms with van der Waals surface area (Å²) in [5.74, 6) is -0.683. The first kappa shape index (κ1) is 26.3. The molecule has 0 radical (unpaired) electrons. The Kier molecular flexibility index (Phi) is 7.36. The summed E-state index contributed by atoms with van der Waals surface area (Å²) in [6.07, 6.45) is 0.258. The van der Waals surface area contributed by atoms with Crippen molar-refractivity contribution >= 4 is 38.9 Å². The van der Waals surface area contributed by atoms with Gasteiger partial charge in [-0.1, -0.05) is 0 Å². The zero-order valence-electron chi connectivity index (χ0n) is 20.2. The molecular formula is C22H25F3N8O3S. The van der Waals surface area contributed by atoms with Gasteiger partial charge in [0, 0.05) is 38.4 Å². The van der Waals surface area contributed by atoms with E-state index in [-0.39, 0.29) is 17.6 Å². The molecule has 0 amide bonds. The summed E-state index contributed by atoms with van der Waals surface area (Å²) >= 11 is 0. The Morgan fingerprint density at radius 1 is 1.14 bits per heavy atom. The molecule has 0 bridgehead atoms. The number of hydrogen-bond donors (Lipinski definition) is 3. The molecule has 0 atom stereocenters. The van der Waals surface area contributed by atoms with Crippen LogP contribution in [0.25, 0.3) is 0 Å². The second kappa shape index (κ2) is 10.3. The molecule has 0 unspecified atom stereocenters. The van der Waals surface area contributed by atoms with Gasteiger partial charge in [0.15, 0.2) is 27.3 Å². The number of alkyl halides is 3. The molecule has 1 aliphatic heterocycles. The molecule has 11 nitrogen and oxygen atoms in total. The minimum atomic E-state index is -4.78. The van der Waals surface area contributed by atoms with Crippen molar-refractivity contribution in [1.29, 1.82) is 0 Å². The Hall–Kier alpha value is -3.72. The summed E-state index contributed by atoms with van der Waals surface area (Å²) in [7, 11) is -0.626. The van der Waals surface area contributed by atoms with Crippen molar-refractivity contribution in [2.24, 2.45) is 0 Å². The van der Waals surface area contributed by atoms with Crippen molar-refractivity contribution in [3.05, 3.63) is 47.4 Å². The molecule has 3 heterocycles. The molecule has 3 aromatic rings. The van der Waals surface area contributed by atoms with E-state index in [9.17, 15) is 21.6 Å². The van der Waals surface area contributed by atoms with Crippen molar-refractivity contribution in [2.45, 2.75) is 19.1 Å². The Balaban J connectivity index is 1.74. The molecule has 0 spiro atoms. The second-order valence-corrected chi connectivity index (χ2v) is 10.5. The van der Waals surface area contributed by atoms with Crippen molar-refractivity contribution in [2.75, 3.05) is 48.4 Å². The highest BCUT2D eigenvalue weighted by molar-refractivity contribution is 7.90. The number of methoxy groups -OCH3 is 1. The van der Waals surface area contributed by atoms with Crippen molar-refractivity contribution in [3.8, 4) is 5.75 Å². The molecule has 0 aliphatic carbocycles. The summed E-state index contributed by atoms with van der Waals surface area (Å²) in [5.41, 5.74) is 1.54. The molecular weight excluding hydrogens is 513 g/mol. The van der Waals surface area contributed by atoms with Gasteiger partial charge < -0.3 is 25.6 Å². The highest BCUT2D eigenvalue weighted by Crippen LogP contribution is 2.39. The summed E-state index contributed by atoms with van der Waals surface area (Å²) in [6, 6.07) is 3.73. The van der Waals surface area contributed by atoms with Gasteiger partial charge >= 0.3 is 6.18 Å². The minimum Gasteiger partial charge on any atom is -0.495 e. The molecule has 2 aromatic heterocycles. The maximum atomic E-state index is 13.9. The van der Waals surface area contributed by atoms with Crippen LogP contribution in [-0.4, -0.2) is 61.2 Å². The van der Waals surface area contributed by atoms with Crippen molar-refractivity contribution in [1.82, 2.24) is 25.3 Å². The number of fused-ring (bicyclic) bond motifs is 1. The van der Waals surface area contributed by atoms with E-state index in [2.05, 4.69) is 35.9 Å². The van der Waals surface area contributed by atoms with Gasteiger partial charge in [-0.3, -0.25) is 0 Å². The topological polar surface area (TPSA) is 134 Å². The lowest BCUT2D eigenvalue weighted by Gasteiger charge is -2.24. The van der Waals surface area contributed by atoms with E-state index in [0.29, 0.717) is 24.2 Å². The highest BCUT2D eigenvalue weighted by atomic mass is 32.2. The Bertz CT molecular complexity index is 1400. The molecule has 0 fully saturated rings. The summed E-state index contributed by atoms with van der Waals surface area (Å²) in [4.78, 5) is 17.2. The van der Waals surface area contributed by atoms with Crippen LogP contribution in [0.2, 0.25) is 0 Å². The summed E-state index contributed by atoms with van der Waals surface area (Å²) < 4.78 is 70.4. The van der Waals surface area contributed by atoms with Gasteiger partial charge in [-0.25, -0.2) is 23.4 Å². The fraction of sp³-hybridized carbons (Fsp3) is 0.364. The van der Waals surface area contributed by atoms with E-state index in [0.717, 1.165) is 35.2 Å². The number of nitrogens with zero attached hydrogens (tertiary/aromatic N) is 5. The molecule has 1 aromatic carbocycles. The van der Waals surface area contributed by atoms with E-state index in [1.807, 2.05) is 12.1 Å². The number of sulfone groups is 1. The number of anilines is 5. The lowest BCUT2D eigenvalue weighted by Crippen LogP contribution is -2.24. The predicted octanol–water partition coefficient (Wildman–Crippen LogP) is 2.87. The molecule has 198 valence electrons. The monoisotopic (exact) mass is 538 g/mol. The van der Waals surface area contributed by atoms with E-state index in [1.54, 1.807) is 0 Å². The van der Waals surface area contributed by atoms with Crippen LogP contribution in [-0.2, 0) is 29.0 Å². The molecule has 15 heteroatoms. The van der Waals surface area contributed by atoms with Crippen LogP contribution in [0.3, 0.4) is 0 Å². The molecule has 0 saturated carbocycles. The smallest absolute Gasteiger partial charge is 0.421 e. The molecule has 0 saturated heterocycles. The van der Waals surface area contributed by atoms with E-state index in [4.69, 9.17) is 4.74 Å². The first-order valence-corrected chi connectivity index (χ1v) is 13.1. The average molecular weight is 539 g/mol. The van der Waals surface area contributed by atoms with E-state index >= 15 is 0 Å². The Morgan fingerprint density at radius 3 is 2.59 bits per heavy atom. The molecule has 3 N–H and O–H groups in total. The first-order chi connectivity index (χ1) is 17.5. The summed E-state index contributed by atoms with van der Waals surface area (Å²) in [6.45, 7) is 1.49. The van der Waals surface area contributed by atoms with Crippen LogP contribution in [0.1, 0.15) is 16.7 Å². The Morgan fingerprint density at radius 2 is 1.89 bits per heavy atom. The zero-order valence-corrected chi connectivity index (χ0v) is 21.0. The first-order valence-electron chi connectivity index (χ1n) is 11.0. The van der Waals surface area contributed by atoms with E-state index < -0.39 is 33.3 Å². The zero-order chi connectivity index (χ0) is 26.8. The predicted molar refractivity (Wildman–Crippen MR) is 132 cm³/mol. The number of rotatable bonds is 8. The summed E-state index contributed by atoms with van der Waals surface area (Å²) in [5, 5.41) is 8.84. The fourth-order valence-electron chi connectivity index (χ4n) is 3.79. The molecule has 4 rings (SSSR count). The van der Waals surface area contributed by atoms with Gasteiger partial charge in [0.25, 0.3) is 0 Å². The molecule has 1 aliphatic rings. The normalized spacial score (nSPS) is 13.6. The van der Waals surface area contributed by atoms with Crippen LogP contribution in [0.15, 0.2) is 30.7 Å². The number of aromatic nitrogens is 4. The number of halogens is 3. The standard InChI is InChI=1S/C22H25F3N8O3S/c1-33(20-18(27-6-7-28-20)30-12-37(3,34)35)19-15(22(23,24)25)11-29-21(32-19)31-16-8-13-4-5-26-10-14(13)9-17(16)36-2/h6-9,11,26H,4-5,10,12H2,1-3H3,(H,27,30)(H,29,31,32). The third-order valence-electron chi connectivity index (χ3n) is 5.54. The lowest BCUT2D eigenvalue weighted by atomic mass is 10.00. The number of hydrogen-bond acceptors (Lipinski definition) is 11. The van der Waals surface area contributed by atoms with Crippen molar-refractivity contribution in [3.63, 3.8) is 0 Å². The second-order valence-electron chi connectivity index (χ2n) is 8.34. The van der Waals surface area contributed by atoms with Crippen LogP contribution >= 0.6 is 0 Å². The van der Waals surface area contributed by atoms with Gasteiger partial charge in [0.1, 0.15) is 17.2 Å². The maximum Gasteiger partial charge on any atom is 0.421 e. The third-order valence-corrected chi connectivity index (χ3v) is 6.21. The maximum absolute atomic E-state index is 13.9. The quantitative estimate of drug-likeness (QED) is 0.391. The number of benzene rings is 1. The lowest BCUT2D eigenvalue weighted by molar-refractivity contribution is -0.137. The van der Waals surface area contributed by atoms with E-state index in [1.165, 1.54) is 26.6 Å². The minimum absolute atomic E-state index is 0.0263.